The second kappa shape index (κ2) is 18.4. The Morgan fingerprint density at radius 2 is 1.25 bits per heavy atom. The van der Waals surface area contributed by atoms with E-state index in [9.17, 15) is 15.7 Å². The molecule has 0 heterocycles. The zero-order valence-corrected chi connectivity index (χ0v) is 22.3. The fourth-order valence-electron chi connectivity index (χ4n) is 3.72. The zero-order chi connectivity index (χ0) is 23.6. The van der Waals surface area contributed by atoms with E-state index < -0.39 is 25.7 Å². The molecular formula is C25H39ClINO4. The topological polar surface area (TPSA) is 80.3 Å². The molecule has 0 unspecified atom stereocenters. The van der Waals surface area contributed by atoms with E-state index in [2.05, 4.69) is 12.2 Å². The van der Waals surface area contributed by atoms with E-state index in [0.29, 0.717) is 0 Å². The van der Waals surface area contributed by atoms with Crippen LogP contribution in [0.15, 0.2) is 18.2 Å². The van der Waals surface area contributed by atoms with Gasteiger partial charge in [0, 0.05) is 11.4 Å². The lowest BCUT2D eigenvalue weighted by Crippen LogP contribution is -2.30. The summed E-state index contributed by atoms with van der Waals surface area (Å²) in [6.07, 6.45) is 19.0. The standard InChI is InChI=1S/C25H39ClINO4/c1-2-3-4-5-6-7-8-9-10-11-12-13-14-15-16-17-24(29)28-25(30)22-20-21(26)18-19-23(22)27(31)32/h18-20H,2-17H2,1H3,(H,28,29,30). The van der Waals surface area contributed by atoms with Crippen LogP contribution >= 0.6 is 31.4 Å². The second-order valence-electron chi connectivity index (χ2n) is 8.42. The van der Waals surface area contributed by atoms with Crippen LogP contribution in [0.5, 0.6) is 0 Å². The summed E-state index contributed by atoms with van der Waals surface area (Å²) in [5.74, 6) is -1.09. The van der Waals surface area contributed by atoms with Crippen LogP contribution in [-0.4, -0.2) is 11.8 Å². The Morgan fingerprint density at radius 3 is 1.72 bits per heavy atom. The number of imide groups is 1. The average Bonchev–Trinajstić information content (AvgIpc) is 2.76. The van der Waals surface area contributed by atoms with Crippen LogP contribution in [0.1, 0.15) is 120 Å². The number of hydrogen-bond acceptors (Lipinski definition) is 4. The maximum atomic E-state index is 12.2. The maximum Gasteiger partial charge on any atom is 0.341 e. The predicted octanol–water partition coefficient (Wildman–Crippen LogP) is 8.22. The SMILES string of the molecule is CCCCCCCCCCCCCCCCCC(=O)NC(=O)c1cc(Cl)ccc1I(=O)=O. The van der Waals surface area contributed by atoms with Crippen molar-refractivity contribution >= 4 is 43.2 Å². The van der Waals surface area contributed by atoms with E-state index in [0.717, 1.165) is 19.3 Å². The van der Waals surface area contributed by atoms with Crippen LogP contribution < -0.4 is 5.32 Å². The van der Waals surface area contributed by atoms with E-state index in [1.807, 2.05) is 0 Å². The molecular weight excluding hydrogens is 541 g/mol. The van der Waals surface area contributed by atoms with Gasteiger partial charge >= 0.3 is 19.8 Å². The minimum absolute atomic E-state index is 0.0455. The maximum absolute atomic E-state index is 12.2. The Balaban J connectivity index is 2.04. The van der Waals surface area contributed by atoms with Crippen molar-refractivity contribution in [2.24, 2.45) is 0 Å². The van der Waals surface area contributed by atoms with Crippen LogP contribution in [0.2, 0.25) is 5.02 Å². The molecule has 32 heavy (non-hydrogen) atoms. The van der Waals surface area contributed by atoms with Gasteiger partial charge in [0.25, 0.3) is 5.91 Å². The van der Waals surface area contributed by atoms with Crippen LogP contribution in [-0.2, 0) is 10.9 Å². The quantitative estimate of drug-likeness (QED) is 0.140. The summed E-state index contributed by atoms with van der Waals surface area (Å²) in [5, 5.41) is 2.54. The van der Waals surface area contributed by atoms with E-state index in [-0.39, 0.29) is 26.5 Å². The van der Waals surface area contributed by atoms with Gasteiger partial charge in [-0.1, -0.05) is 108 Å². The Hall–Kier alpha value is -1.02. The van der Waals surface area contributed by atoms with E-state index in [1.54, 1.807) is 0 Å². The highest BCUT2D eigenvalue weighted by atomic mass is 127. The van der Waals surface area contributed by atoms with Crippen molar-refractivity contribution in [3.63, 3.8) is 0 Å². The van der Waals surface area contributed by atoms with Crippen molar-refractivity contribution in [3.8, 4) is 0 Å². The molecule has 0 saturated heterocycles. The lowest BCUT2D eigenvalue weighted by Gasteiger charge is -2.06. The van der Waals surface area contributed by atoms with Gasteiger partial charge in [0.05, 0.1) is 9.13 Å². The normalized spacial score (nSPS) is 11.1. The number of carbonyl (C=O) groups is 2. The molecule has 0 aliphatic rings. The van der Waals surface area contributed by atoms with Crippen LogP contribution in [0, 0.1) is 3.57 Å². The molecule has 0 aromatic heterocycles. The molecule has 0 spiro atoms. The summed E-state index contributed by atoms with van der Waals surface area (Å²) in [5.41, 5.74) is -0.0578. The van der Waals surface area contributed by atoms with Gasteiger partial charge in [-0.2, -0.15) is 0 Å². The minimum atomic E-state index is -3.85. The third kappa shape index (κ3) is 13.5. The number of unbranched alkanes of at least 4 members (excludes halogenated alkanes) is 14. The second-order valence-corrected chi connectivity index (χ2v) is 11.3. The van der Waals surface area contributed by atoms with Crippen molar-refractivity contribution < 1.29 is 15.7 Å². The monoisotopic (exact) mass is 579 g/mol. The predicted molar refractivity (Wildman–Crippen MR) is 138 cm³/mol. The van der Waals surface area contributed by atoms with Crippen molar-refractivity contribution in [1.82, 2.24) is 5.32 Å². The van der Waals surface area contributed by atoms with Crippen molar-refractivity contribution in [2.75, 3.05) is 0 Å². The first-order chi connectivity index (χ1) is 15.5. The fraction of sp³-hybridized carbons (Fsp3) is 0.680. The van der Waals surface area contributed by atoms with Crippen LogP contribution in [0.3, 0.4) is 0 Å². The molecule has 1 aromatic rings. The number of carbonyl (C=O) groups excluding carboxylic acids is 2. The van der Waals surface area contributed by atoms with E-state index in [4.69, 9.17) is 11.6 Å². The van der Waals surface area contributed by atoms with Gasteiger partial charge in [0.15, 0.2) is 0 Å². The first-order valence-corrected chi connectivity index (χ1v) is 15.4. The Kier molecular flexibility index (Phi) is 16.7. The molecule has 0 saturated carbocycles. The summed E-state index contributed by atoms with van der Waals surface area (Å²) in [4.78, 5) is 24.3. The third-order valence-electron chi connectivity index (χ3n) is 5.60. The molecule has 1 aromatic carbocycles. The Morgan fingerprint density at radius 1 is 0.781 bits per heavy atom. The lowest BCUT2D eigenvalue weighted by molar-refractivity contribution is -0.120. The van der Waals surface area contributed by atoms with Gasteiger partial charge in [-0.05, 0) is 24.6 Å². The van der Waals surface area contributed by atoms with E-state index >= 15 is 0 Å². The number of benzene rings is 1. The van der Waals surface area contributed by atoms with Crippen molar-refractivity contribution in [3.05, 3.63) is 32.4 Å². The third-order valence-corrected chi connectivity index (χ3v) is 7.72. The average molecular weight is 580 g/mol. The number of amides is 2. The molecule has 0 aliphatic heterocycles. The highest BCUT2D eigenvalue weighted by Crippen LogP contribution is 2.25. The summed E-state index contributed by atoms with van der Waals surface area (Å²) >= 11 is 2.01. The first kappa shape index (κ1) is 29.0. The first-order valence-electron chi connectivity index (χ1n) is 12.1. The van der Waals surface area contributed by atoms with Gasteiger partial charge in [-0.15, -0.1) is 0 Å². The van der Waals surface area contributed by atoms with Gasteiger partial charge in [-0.25, -0.2) is 6.14 Å². The molecule has 182 valence electrons. The summed E-state index contributed by atoms with van der Waals surface area (Å²) in [6.45, 7) is 2.25. The fourth-order valence-corrected chi connectivity index (χ4v) is 5.24. The summed E-state index contributed by atoms with van der Waals surface area (Å²) in [7, 11) is 0. The molecule has 1 rings (SSSR count). The van der Waals surface area contributed by atoms with Crippen LogP contribution in [0.25, 0.3) is 0 Å². The number of halogens is 2. The minimum Gasteiger partial charge on any atom is -0.292 e. The molecule has 5 nitrogen and oxygen atoms in total. The number of rotatable bonds is 18. The van der Waals surface area contributed by atoms with Crippen LogP contribution in [0.4, 0.5) is 0 Å². The molecule has 0 aliphatic carbocycles. The van der Waals surface area contributed by atoms with Gasteiger partial charge in [0.2, 0.25) is 5.91 Å². The molecule has 0 bridgehead atoms. The zero-order valence-electron chi connectivity index (χ0n) is 19.4. The Bertz CT molecular complexity index is 756. The van der Waals surface area contributed by atoms with Crippen molar-refractivity contribution in [1.29, 1.82) is 0 Å². The molecule has 1 N–H and O–H groups in total. The van der Waals surface area contributed by atoms with Gasteiger partial charge in [0.1, 0.15) is 0 Å². The molecule has 7 heteroatoms. The lowest BCUT2D eigenvalue weighted by atomic mass is 10.0. The van der Waals surface area contributed by atoms with Gasteiger partial charge < -0.3 is 0 Å². The molecule has 0 atom stereocenters. The summed E-state index contributed by atoms with van der Waals surface area (Å²) < 4.78 is 22.7. The number of hydrogen-bond donors (Lipinski definition) is 1. The smallest absolute Gasteiger partial charge is 0.292 e. The van der Waals surface area contributed by atoms with Crippen molar-refractivity contribution in [2.45, 2.75) is 110 Å². The largest absolute Gasteiger partial charge is 0.341 e. The molecule has 2 amide bonds. The Labute approximate surface area is 205 Å². The molecule has 0 radical (unpaired) electrons. The highest BCUT2D eigenvalue weighted by Gasteiger charge is 2.17. The summed E-state index contributed by atoms with van der Waals surface area (Å²) in [6, 6.07) is 4.01. The highest BCUT2D eigenvalue weighted by molar-refractivity contribution is 14.2. The molecule has 0 fully saturated rings. The van der Waals surface area contributed by atoms with Gasteiger partial charge in [-0.3, -0.25) is 14.9 Å². The van der Waals surface area contributed by atoms with E-state index in [1.165, 1.54) is 95.2 Å². The number of nitrogens with one attached hydrogen (secondary N) is 1.